The molecule has 0 amide bonds. The topological polar surface area (TPSA) is 0 Å². The summed E-state index contributed by atoms with van der Waals surface area (Å²) in [4.78, 5) is 0. The van der Waals surface area contributed by atoms with Crippen LogP contribution in [0, 0.1) is 34.5 Å². The lowest BCUT2D eigenvalue weighted by molar-refractivity contribution is -0.0451. The van der Waals surface area contributed by atoms with Crippen LogP contribution in [-0.4, -0.2) is 0 Å². The molecule has 0 N–H and O–H groups in total. The molecule has 0 unspecified atom stereocenters. The molecule has 0 heterocycles. The maximum Gasteiger partial charge on any atom is -0.00853 e. The Hall–Kier alpha value is -0.520. The van der Waals surface area contributed by atoms with Gasteiger partial charge in [0.25, 0.3) is 0 Å². The highest BCUT2D eigenvalue weighted by molar-refractivity contribution is 5.24. The zero-order valence-electron chi connectivity index (χ0n) is 14.0. The Kier molecular flexibility index (Phi) is 3.18. The molecule has 0 aromatic carbocycles. The lowest BCUT2D eigenvalue weighted by atomic mass is 9.47. The van der Waals surface area contributed by atoms with Crippen molar-refractivity contribution in [3.63, 3.8) is 0 Å². The summed E-state index contributed by atoms with van der Waals surface area (Å²) in [5, 5.41) is 0. The van der Waals surface area contributed by atoms with Crippen LogP contribution in [0.25, 0.3) is 0 Å². The predicted octanol–water partition coefficient (Wildman–Crippen LogP) is 6.14. The molecule has 0 spiro atoms. The third kappa shape index (κ3) is 1.80. The zero-order chi connectivity index (χ0) is 14.7. The molecule has 4 aliphatic rings. The van der Waals surface area contributed by atoms with Gasteiger partial charge in [-0.3, -0.25) is 0 Å². The second kappa shape index (κ2) is 4.74. The van der Waals surface area contributed by atoms with Gasteiger partial charge in [-0.15, -0.1) is 6.58 Å². The van der Waals surface area contributed by atoms with Crippen molar-refractivity contribution in [2.24, 2.45) is 34.5 Å². The number of hydrogen-bond donors (Lipinski definition) is 0. The largest absolute Gasteiger partial charge is 0.103 e. The molecule has 21 heavy (non-hydrogen) atoms. The van der Waals surface area contributed by atoms with E-state index in [0.29, 0.717) is 10.8 Å². The second-order valence-corrected chi connectivity index (χ2v) is 8.92. The maximum absolute atomic E-state index is 4.15. The van der Waals surface area contributed by atoms with E-state index >= 15 is 0 Å². The smallest absolute Gasteiger partial charge is 0.00853 e. The van der Waals surface area contributed by atoms with Crippen molar-refractivity contribution in [2.45, 2.75) is 71.6 Å². The lowest BCUT2D eigenvalue weighted by Crippen LogP contribution is -2.49. The fourth-order valence-corrected chi connectivity index (χ4v) is 7.18. The van der Waals surface area contributed by atoms with Crippen molar-refractivity contribution >= 4 is 0 Å². The second-order valence-electron chi connectivity index (χ2n) is 8.92. The molecule has 0 bridgehead atoms. The summed E-state index contributed by atoms with van der Waals surface area (Å²) in [5.74, 6) is 3.77. The summed E-state index contributed by atoms with van der Waals surface area (Å²) in [6.45, 7) is 9.37. The van der Waals surface area contributed by atoms with Crippen LogP contribution in [0.5, 0.6) is 0 Å². The minimum atomic E-state index is 0.564. The molecule has 6 atom stereocenters. The Morgan fingerprint density at radius 3 is 2.76 bits per heavy atom. The minimum Gasteiger partial charge on any atom is -0.103 e. The van der Waals surface area contributed by atoms with Crippen LogP contribution in [0.15, 0.2) is 24.3 Å². The summed E-state index contributed by atoms with van der Waals surface area (Å²) in [6.07, 6.45) is 17.9. The van der Waals surface area contributed by atoms with Crippen molar-refractivity contribution < 1.29 is 0 Å². The SMILES string of the molecule is C=C[C@H]1CC[C@H]2[C@@H]3CCC4=CCCC[C@]4(C)[C@H]3CC[C@]12C. The first kappa shape index (κ1) is 14.1. The highest BCUT2D eigenvalue weighted by Crippen LogP contribution is 2.66. The molecule has 0 radical (unpaired) electrons. The van der Waals surface area contributed by atoms with Crippen LogP contribution in [0.3, 0.4) is 0 Å². The first-order valence-electron chi connectivity index (χ1n) is 9.41. The van der Waals surface area contributed by atoms with Crippen LogP contribution >= 0.6 is 0 Å². The normalized spacial score (nSPS) is 52.4. The first-order valence-corrected chi connectivity index (χ1v) is 9.41. The average molecular weight is 284 g/mol. The van der Waals surface area contributed by atoms with E-state index in [-0.39, 0.29) is 0 Å². The molecule has 0 aromatic heterocycles. The predicted molar refractivity (Wildman–Crippen MR) is 90.0 cm³/mol. The molecule has 3 fully saturated rings. The summed E-state index contributed by atoms with van der Waals surface area (Å²) in [6, 6.07) is 0. The van der Waals surface area contributed by atoms with Gasteiger partial charge in [0.05, 0.1) is 0 Å². The fourth-order valence-electron chi connectivity index (χ4n) is 7.18. The van der Waals surface area contributed by atoms with Gasteiger partial charge in [-0.2, -0.15) is 0 Å². The van der Waals surface area contributed by atoms with Crippen molar-refractivity contribution in [3.05, 3.63) is 24.3 Å². The van der Waals surface area contributed by atoms with E-state index in [1.54, 1.807) is 0 Å². The van der Waals surface area contributed by atoms with Gasteiger partial charge in [0, 0.05) is 0 Å². The van der Waals surface area contributed by atoms with Crippen LogP contribution in [0.2, 0.25) is 0 Å². The Bertz CT molecular complexity index is 472. The van der Waals surface area contributed by atoms with E-state index in [9.17, 15) is 0 Å². The molecule has 0 nitrogen and oxygen atoms in total. The number of allylic oxidation sites excluding steroid dienone is 3. The molecule has 0 aromatic rings. The van der Waals surface area contributed by atoms with Crippen molar-refractivity contribution in [1.29, 1.82) is 0 Å². The lowest BCUT2D eigenvalue weighted by Gasteiger charge is -2.58. The summed E-state index contributed by atoms with van der Waals surface area (Å²) in [7, 11) is 0. The zero-order valence-corrected chi connectivity index (χ0v) is 14.0. The molecular weight excluding hydrogens is 252 g/mol. The Morgan fingerprint density at radius 2 is 1.95 bits per heavy atom. The Morgan fingerprint density at radius 1 is 1.10 bits per heavy atom. The third-order valence-corrected chi connectivity index (χ3v) is 8.38. The number of fused-ring (bicyclic) bond motifs is 5. The van der Waals surface area contributed by atoms with E-state index in [2.05, 4.69) is 32.6 Å². The number of hydrogen-bond acceptors (Lipinski definition) is 0. The highest BCUT2D eigenvalue weighted by Gasteiger charge is 2.57. The number of rotatable bonds is 1. The van der Waals surface area contributed by atoms with E-state index in [1.165, 1.54) is 57.8 Å². The Balaban J connectivity index is 1.67. The fraction of sp³-hybridized carbons (Fsp3) is 0.810. The monoisotopic (exact) mass is 284 g/mol. The van der Waals surface area contributed by atoms with E-state index < -0.39 is 0 Å². The van der Waals surface area contributed by atoms with Gasteiger partial charge >= 0.3 is 0 Å². The van der Waals surface area contributed by atoms with E-state index in [1.807, 2.05) is 5.57 Å². The van der Waals surface area contributed by atoms with Gasteiger partial charge in [-0.05, 0) is 92.3 Å². The molecule has 4 rings (SSSR count). The first-order chi connectivity index (χ1) is 10.1. The standard InChI is InChI=1S/C21H32/c1-4-15-9-11-18-17-10-8-16-7-5-6-13-20(16,2)19(17)12-14-21(15,18)3/h4,7,15,17-19H,1,5-6,8-14H2,2-3H3/t15-,17-,18-,19-,20-,21+/m0/s1. The van der Waals surface area contributed by atoms with Crippen molar-refractivity contribution in [1.82, 2.24) is 0 Å². The van der Waals surface area contributed by atoms with E-state index in [4.69, 9.17) is 0 Å². The molecule has 4 aliphatic carbocycles. The molecule has 0 aliphatic heterocycles. The van der Waals surface area contributed by atoms with E-state index in [0.717, 1.165) is 23.7 Å². The van der Waals surface area contributed by atoms with Crippen LogP contribution in [0.4, 0.5) is 0 Å². The van der Waals surface area contributed by atoms with Crippen molar-refractivity contribution in [2.75, 3.05) is 0 Å². The van der Waals surface area contributed by atoms with Gasteiger partial charge < -0.3 is 0 Å². The molecule has 3 saturated carbocycles. The van der Waals surface area contributed by atoms with Gasteiger partial charge in [0.2, 0.25) is 0 Å². The third-order valence-electron chi connectivity index (χ3n) is 8.38. The summed E-state index contributed by atoms with van der Waals surface area (Å²) in [5.41, 5.74) is 2.99. The maximum atomic E-state index is 4.15. The van der Waals surface area contributed by atoms with Crippen LogP contribution in [-0.2, 0) is 0 Å². The molecule has 0 saturated heterocycles. The Labute approximate surface area is 131 Å². The van der Waals surface area contributed by atoms with Gasteiger partial charge in [0.1, 0.15) is 0 Å². The van der Waals surface area contributed by atoms with Crippen LogP contribution in [0.1, 0.15) is 71.6 Å². The van der Waals surface area contributed by atoms with Gasteiger partial charge in [-0.1, -0.05) is 31.6 Å². The van der Waals surface area contributed by atoms with Crippen molar-refractivity contribution in [3.8, 4) is 0 Å². The van der Waals surface area contributed by atoms with Crippen LogP contribution < -0.4 is 0 Å². The quantitative estimate of drug-likeness (QED) is 0.507. The molecular formula is C21H32. The average Bonchev–Trinajstić information content (AvgIpc) is 2.83. The summed E-state index contributed by atoms with van der Waals surface area (Å²) >= 11 is 0. The highest BCUT2D eigenvalue weighted by atomic mass is 14.6. The minimum absolute atomic E-state index is 0.564. The van der Waals surface area contributed by atoms with Gasteiger partial charge in [-0.25, -0.2) is 0 Å². The summed E-state index contributed by atoms with van der Waals surface area (Å²) < 4.78 is 0. The van der Waals surface area contributed by atoms with Gasteiger partial charge in [0.15, 0.2) is 0 Å². The molecule has 116 valence electrons. The molecule has 0 heteroatoms.